The molecule has 6 aromatic carbocycles. The van der Waals surface area contributed by atoms with Crippen molar-refractivity contribution in [1.29, 1.82) is 14.3 Å². The van der Waals surface area contributed by atoms with E-state index in [9.17, 15) is 66.5 Å². The minimum Gasteiger partial charge on any atom is -0.482 e. The summed E-state index contributed by atoms with van der Waals surface area (Å²) in [5.74, 6) is 1.24. The Kier molecular flexibility index (Phi) is 21.4. The van der Waals surface area contributed by atoms with Crippen molar-refractivity contribution in [2.45, 2.75) is 112 Å². The van der Waals surface area contributed by atoms with Crippen LogP contribution in [0.2, 0.25) is 0 Å². The molecule has 0 amide bonds. The lowest BCUT2D eigenvalue weighted by molar-refractivity contribution is -0.138. The van der Waals surface area contributed by atoms with Crippen molar-refractivity contribution < 1.29 is 79.6 Å². The van der Waals surface area contributed by atoms with E-state index in [1.807, 2.05) is 14.7 Å². The van der Waals surface area contributed by atoms with Crippen LogP contribution in [0.4, 0.5) is 39.5 Å². The molecule has 6 heterocycles. The van der Waals surface area contributed by atoms with E-state index in [-0.39, 0.29) is 73.0 Å². The van der Waals surface area contributed by atoms with Gasteiger partial charge >= 0.3 is 18.5 Å². The highest BCUT2D eigenvalue weighted by Gasteiger charge is 2.35. The second-order valence-electron chi connectivity index (χ2n) is 23.9. The van der Waals surface area contributed by atoms with E-state index in [0.29, 0.717) is 87.9 Å². The average molecular weight is 1440 g/mol. The van der Waals surface area contributed by atoms with Crippen LogP contribution in [0.25, 0.3) is 0 Å². The maximum absolute atomic E-state index is 12.9. The Balaban J connectivity index is 0.000000161. The molecule has 3 N–H and O–H groups in total. The van der Waals surface area contributed by atoms with Crippen molar-refractivity contribution in [2.75, 3.05) is 18.8 Å². The van der Waals surface area contributed by atoms with Gasteiger partial charge in [-0.2, -0.15) is 39.5 Å². The summed E-state index contributed by atoms with van der Waals surface area (Å²) in [4.78, 5) is 44.1. The highest BCUT2D eigenvalue weighted by molar-refractivity contribution is 7.92. The number of hydrogen-bond acceptors (Lipinski definition) is 18. The maximum Gasteiger partial charge on any atom is 0.416 e. The average Bonchev–Trinajstić information content (AvgIpc) is 1.69. The van der Waals surface area contributed by atoms with Gasteiger partial charge in [-0.15, -0.1) is 0 Å². The smallest absolute Gasteiger partial charge is 0.416 e. The Morgan fingerprint density at radius 2 is 0.596 bits per heavy atom. The van der Waals surface area contributed by atoms with Crippen LogP contribution in [0.15, 0.2) is 207 Å². The van der Waals surface area contributed by atoms with Gasteiger partial charge < -0.3 is 27.5 Å². The van der Waals surface area contributed by atoms with Crippen LogP contribution in [-0.2, 0) is 126 Å². The molecular weight excluding hydrogens is 1370 g/mol. The second kappa shape index (κ2) is 29.2. The summed E-state index contributed by atoms with van der Waals surface area (Å²) in [6.45, 7) is 3.50. The number of hydrogen-bond donors (Lipinski definition) is 3. The van der Waals surface area contributed by atoms with Gasteiger partial charge in [0.1, 0.15) is 55.9 Å². The van der Waals surface area contributed by atoms with E-state index in [0.717, 1.165) is 69.8 Å². The van der Waals surface area contributed by atoms with Gasteiger partial charge in [-0.1, -0.05) is 54.6 Å². The summed E-state index contributed by atoms with van der Waals surface area (Å²) in [6, 6.07) is 34.7. The Morgan fingerprint density at radius 1 is 0.364 bits per heavy atom. The first-order valence-corrected chi connectivity index (χ1v) is 35.8. The Hall–Kier alpha value is -9.33. The molecule has 3 atom stereocenters. The predicted octanol–water partition coefficient (Wildman–Crippen LogP) is 14.4. The third kappa shape index (κ3) is 19.3. The molecule has 9 aromatic rings. The third-order valence-electron chi connectivity index (χ3n) is 16.0. The predicted molar refractivity (Wildman–Crippen MR) is 346 cm³/mol. The third-order valence-corrected chi connectivity index (χ3v) is 19.5. The monoisotopic (exact) mass is 1430 g/mol. The van der Waals surface area contributed by atoms with Gasteiger partial charge in [0, 0.05) is 90.9 Å². The van der Waals surface area contributed by atoms with Gasteiger partial charge in [-0.3, -0.25) is 29.1 Å². The fourth-order valence-electron chi connectivity index (χ4n) is 10.8. The van der Waals surface area contributed by atoms with E-state index >= 15 is 0 Å². The lowest BCUT2D eigenvalue weighted by Crippen LogP contribution is -2.17. The van der Waals surface area contributed by atoms with Crippen LogP contribution in [0.1, 0.15) is 84.0 Å². The van der Waals surface area contributed by atoms with Crippen LogP contribution in [0.5, 0.6) is 17.2 Å². The van der Waals surface area contributed by atoms with Crippen molar-refractivity contribution in [3.05, 3.63) is 279 Å². The van der Waals surface area contributed by atoms with Gasteiger partial charge in [0.25, 0.3) is 0 Å². The molecule has 0 aliphatic carbocycles. The van der Waals surface area contributed by atoms with Gasteiger partial charge in [0.05, 0.1) is 65.5 Å². The van der Waals surface area contributed by atoms with Crippen LogP contribution >= 0.6 is 0 Å². The fourth-order valence-corrected chi connectivity index (χ4v) is 12.8. The standard InChI is InChI=1S/3C23H21F3N2O4S/c3*1-33(27,30)20-6-2-15(3-7-20)13-32-22-14-31-19(9-21(22)29)12-28-10-16-4-5-18(23(24,25)26)8-17(16)11-28/h3*2-9,14,27H,10-13H2,1H3/t2*33-;/m10./s1. The Morgan fingerprint density at radius 3 is 0.808 bits per heavy atom. The Bertz CT molecular complexity index is 4490. The number of alkyl halides is 9. The molecule has 0 saturated heterocycles. The highest BCUT2D eigenvalue weighted by Crippen LogP contribution is 2.37. The molecule has 30 heteroatoms. The molecule has 522 valence electrons. The summed E-state index contributed by atoms with van der Waals surface area (Å²) < 4.78 is 207. The number of ether oxygens (including phenoxy) is 3. The lowest BCUT2D eigenvalue weighted by atomic mass is 10.1. The first-order valence-electron chi connectivity index (χ1n) is 29.9. The van der Waals surface area contributed by atoms with E-state index in [1.165, 1.54) is 74.0 Å². The summed E-state index contributed by atoms with van der Waals surface area (Å²) >= 11 is 0. The van der Waals surface area contributed by atoms with Gasteiger partial charge in [-0.05, 0) is 123 Å². The SMILES string of the molecule is CS(=N)(=O)c1ccc(COc2coc(CN3Cc4ccc(C(F)(F)F)cc4C3)cc2=O)cc1.C[S@@](=N)(=O)c1ccc(COc2coc(CN3Cc4ccc(C(F)(F)F)cc4C3)cc2=O)cc1.C[S@](=N)(=O)c1ccc(COc2coc(CN3Cc4ccc(C(F)(F)F)cc4C3)cc2=O)cc1. The first-order chi connectivity index (χ1) is 46.5. The maximum atomic E-state index is 12.9. The zero-order valence-corrected chi connectivity index (χ0v) is 55.4. The molecule has 0 spiro atoms. The number of fused-ring (bicyclic) bond motifs is 3. The molecular formula is C69H63F9N6O12S3. The van der Waals surface area contributed by atoms with E-state index < -0.39 is 64.4 Å². The number of benzene rings is 6. The number of nitrogens with one attached hydrogen (secondary N) is 3. The molecule has 18 nitrogen and oxygen atoms in total. The van der Waals surface area contributed by atoms with Gasteiger partial charge in [0.2, 0.25) is 33.5 Å². The van der Waals surface area contributed by atoms with Crippen molar-refractivity contribution in [1.82, 2.24) is 14.7 Å². The molecule has 0 bridgehead atoms. The summed E-state index contributed by atoms with van der Waals surface area (Å²) in [6.07, 6.45) is -5.46. The molecule has 1 unspecified atom stereocenters. The van der Waals surface area contributed by atoms with E-state index in [2.05, 4.69) is 0 Å². The minimum atomic E-state index is -4.38. The molecule has 3 aliphatic rings. The molecule has 3 aliphatic heterocycles. The van der Waals surface area contributed by atoms with Gasteiger partial charge in [0.15, 0.2) is 0 Å². The topological polar surface area (TPSA) is 251 Å². The van der Waals surface area contributed by atoms with E-state index in [4.69, 9.17) is 41.8 Å². The zero-order chi connectivity index (χ0) is 71.4. The van der Waals surface area contributed by atoms with Crippen LogP contribution in [-0.4, -0.2) is 46.1 Å². The quantitative estimate of drug-likeness (QED) is 0.0676. The lowest BCUT2D eigenvalue weighted by Gasteiger charge is -2.14. The van der Waals surface area contributed by atoms with Crippen LogP contribution in [0.3, 0.4) is 0 Å². The van der Waals surface area contributed by atoms with Crippen molar-refractivity contribution in [3.8, 4) is 17.2 Å². The van der Waals surface area contributed by atoms with Crippen LogP contribution < -0.4 is 30.5 Å². The van der Waals surface area contributed by atoms with Crippen molar-refractivity contribution in [2.24, 2.45) is 0 Å². The fraction of sp³-hybridized carbons (Fsp3) is 0.261. The highest BCUT2D eigenvalue weighted by atomic mass is 32.2. The first kappa shape index (κ1) is 72.4. The molecule has 0 radical (unpaired) electrons. The van der Waals surface area contributed by atoms with Crippen molar-refractivity contribution in [3.63, 3.8) is 0 Å². The summed E-state index contributed by atoms with van der Waals surface area (Å²) in [5.41, 5.74) is 3.38. The molecule has 12 rings (SSSR count). The summed E-state index contributed by atoms with van der Waals surface area (Å²) in [5, 5.41) is 0. The Labute approximate surface area is 562 Å². The van der Waals surface area contributed by atoms with E-state index in [1.54, 1.807) is 72.8 Å². The van der Waals surface area contributed by atoms with Crippen LogP contribution in [0, 0.1) is 14.3 Å². The second-order valence-corrected chi connectivity index (χ2v) is 30.4. The molecule has 0 saturated carbocycles. The van der Waals surface area contributed by atoms with Gasteiger partial charge in [-0.25, -0.2) is 27.0 Å². The summed E-state index contributed by atoms with van der Waals surface area (Å²) in [7, 11) is -8.38. The number of rotatable bonds is 18. The number of halogens is 9. The largest absolute Gasteiger partial charge is 0.482 e. The number of nitrogens with zero attached hydrogens (tertiary/aromatic N) is 3. The molecule has 3 aromatic heterocycles. The van der Waals surface area contributed by atoms with Crippen molar-refractivity contribution >= 4 is 29.2 Å². The zero-order valence-electron chi connectivity index (χ0n) is 52.9. The normalized spacial score (nSPS) is 15.8. The molecule has 0 fully saturated rings. The minimum absolute atomic E-state index is 0.0298. The molecule has 99 heavy (non-hydrogen) atoms.